The van der Waals surface area contributed by atoms with Gasteiger partial charge in [0.25, 0.3) is 5.91 Å². The molecule has 1 saturated heterocycles. The number of anilines is 2. The van der Waals surface area contributed by atoms with Crippen molar-refractivity contribution in [3.63, 3.8) is 0 Å². The molecule has 0 unspecified atom stereocenters. The van der Waals surface area contributed by atoms with E-state index in [1.54, 1.807) is 18.2 Å². The second-order valence-electron chi connectivity index (χ2n) is 6.86. The highest BCUT2D eigenvalue weighted by molar-refractivity contribution is 5.95. The van der Waals surface area contributed by atoms with E-state index < -0.39 is 18.5 Å². The topological polar surface area (TPSA) is 126 Å². The van der Waals surface area contributed by atoms with Crippen LogP contribution in [0.2, 0.25) is 0 Å². The first-order valence-electron chi connectivity index (χ1n) is 9.75. The Balaban J connectivity index is 1.38. The zero-order valence-electron chi connectivity index (χ0n) is 16.6. The highest BCUT2D eigenvalue weighted by atomic mass is 16.5. The standard InChI is InChI=1S/C21H19N7O3/c22-12-15-13-23-28(16-6-2-1-3-7-16)20(15)24-19(29)14-31-21(30)17-8-9-18(26-25-17)27-10-4-5-11-27/h1-3,6-9,13H,4-5,10-11,14H2,(H,24,29). The third-order valence-corrected chi connectivity index (χ3v) is 4.77. The molecular weight excluding hydrogens is 398 g/mol. The molecule has 1 fully saturated rings. The molecule has 3 heterocycles. The van der Waals surface area contributed by atoms with Gasteiger partial charge in [0, 0.05) is 13.1 Å². The number of nitrogens with zero attached hydrogens (tertiary/aromatic N) is 6. The lowest BCUT2D eigenvalue weighted by molar-refractivity contribution is -0.119. The molecule has 10 heteroatoms. The molecule has 0 spiro atoms. The summed E-state index contributed by atoms with van der Waals surface area (Å²) in [6.07, 6.45) is 3.57. The van der Waals surface area contributed by atoms with Crippen LogP contribution in [0.15, 0.2) is 48.7 Å². The van der Waals surface area contributed by atoms with Gasteiger partial charge in [-0.3, -0.25) is 4.79 Å². The van der Waals surface area contributed by atoms with Crippen molar-refractivity contribution in [2.24, 2.45) is 0 Å². The van der Waals surface area contributed by atoms with E-state index in [0.717, 1.165) is 25.9 Å². The molecular formula is C21H19N7O3. The highest BCUT2D eigenvalue weighted by Gasteiger charge is 2.19. The highest BCUT2D eigenvalue weighted by Crippen LogP contribution is 2.20. The molecule has 31 heavy (non-hydrogen) atoms. The quantitative estimate of drug-likeness (QED) is 0.603. The van der Waals surface area contributed by atoms with Gasteiger partial charge in [0.05, 0.1) is 11.9 Å². The molecule has 2 aromatic heterocycles. The monoisotopic (exact) mass is 417 g/mol. The Bertz CT molecular complexity index is 1110. The predicted octanol–water partition coefficient (Wildman–Crippen LogP) is 1.93. The molecule has 1 aliphatic heterocycles. The number of hydrogen-bond donors (Lipinski definition) is 1. The molecule has 0 aliphatic carbocycles. The fourth-order valence-electron chi connectivity index (χ4n) is 3.24. The van der Waals surface area contributed by atoms with Gasteiger partial charge in [0.15, 0.2) is 23.9 Å². The van der Waals surface area contributed by atoms with Crippen molar-refractivity contribution in [2.75, 3.05) is 29.9 Å². The van der Waals surface area contributed by atoms with E-state index in [0.29, 0.717) is 11.5 Å². The summed E-state index contributed by atoms with van der Waals surface area (Å²) in [5, 5.41) is 24.0. The van der Waals surface area contributed by atoms with Crippen LogP contribution in [0.3, 0.4) is 0 Å². The van der Waals surface area contributed by atoms with E-state index in [4.69, 9.17) is 4.74 Å². The first-order chi connectivity index (χ1) is 15.2. The number of nitrogens with one attached hydrogen (secondary N) is 1. The van der Waals surface area contributed by atoms with Gasteiger partial charge in [-0.25, -0.2) is 9.48 Å². The molecule has 156 valence electrons. The predicted molar refractivity (Wildman–Crippen MR) is 111 cm³/mol. The van der Waals surface area contributed by atoms with Crippen molar-refractivity contribution in [1.29, 1.82) is 5.26 Å². The summed E-state index contributed by atoms with van der Waals surface area (Å²) in [6, 6.07) is 14.3. The van der Waals surface area contributed by atoms with E-state index in [-0.39, 0.29) is 17.1 Å². The summed E-state index contributed by atoms with van der Waals surface area (Å²) in [5.74, 6) is -0.452. The Morgan fingerprint density at radius 3 is 2.55 bits per heavy atom. The molecule has 1 N–H and O–H groups in total. The lowest BCUT2D eigenvalue weighted by Gasteiger charge is -2.15. The van der Waals surface area contributed by atoms with Crippen LogP contribution < -0.4 is 10.2 Å². The number of benzene rings is 1. The second kappa shape index (κ2) is 9.04. The zero-order chi connectivity index (χ0) is 21.6. The van der Waals surface area contributed by atoms with E-state index in [1.807, 2.05) is 24.3 Å². The lowest BCUT2D eigenvalue weighted by Crippen LogP contribution is -2.24. The minimum absolute atomic E-state index is 0.0165. The SMILES string of the molecule is N#Cc1cnn(-c2ccccc2)c1NC(=O)COC(=O)c1ccc(N2CCCC2)nn1. The summed E-state index contributed by atoms with van der Waals surface area (Å²) in [6.45, 7) is 1.30. The summed E-state index contributed by atoms with van der Waals surface area (Å²) in [7, 11) is 0. The number of ether oxygens (including phenoxy) is 1. The van der Waals surface area contributed by atoms with E-state index >= 15 is 0 Å². The number of aromatic nitrogens is 4. The van der Waals surface area contributed by atoms with Crippen molar-refractivity contribution in [2.45, 2.75) is 12.8 Å². The van der Waals surface area contributed by atoms with Crippen LogP contribution in [0.5, 0.6) is 0 Å². The van der Waals surface area contributed by atoms with Gasteiger partial charge in [-0.05, 0) is 37.1 Å². The zero-order valence-corrected chi connectivity index (χ0v) is 16.6. The summed E-state index contributed by atoms with van der Waals surface area (Å²) >= 11 is 0. The van der Waals surface area contributed by atoms with Crippen molar-refractivity contribution in [1.82, 2.24) is 20.0 Å². The molecule has 4 rings (SSSR count). The molecule has 10 nitrogen and oxygen atoms in total. The maximum absolute atomic E-state index is 12.3. The number of rotatable bonds is 6. The van der Waals surface area contributed by atoms with Gasteiger partial charge in [-0.2, -0.15) is 10.4 Å². The molecule has 0 bridgehead atoms. The molecule has 1 aliphatic rings. The first kappa shape index (κ1) is 20.0. The normalized spacial score (nSPS) is 12.9. The van der Waals surface area contributed by atoms with E-state index in [9.17, 15) is 14.9 Å². The number of carbonyl (C=O) groups excluding carboxylic acids is 2. The smallest absolute Gasteiger partial charge is 0.359 e. The molecule has 1 aromatic carbocycles. The number of carbonyl (C=O) groups is 2. The molecule has 3 aromatic rings. The Morgan fingerprint density at radius 1 is 1.10 bits per heavy atom. The van der Waals surface area contributed by atoms with Gasteiger partial charge >= 0.3 is 5.97 Å². The van der Waals surface area contributed by atoms with Crippen LogP contribution in [0.25, 0.3) is 5.69 Å². The van der Waals surface area contributed by atoms with Gasteiger partial charge < -0.3 is 15.0 Å². The Morgan fingerprint density at radius 2 is 1.87 bits per heavy atom. The summed E-state index contributed by atoms with van der Waals surface area (Å²) in [5.41, 5.74) is 0.874. The average Bonchev–Trinajstić information content (AvgIpc) is 3.48. The van der Waals surface area contributed by atoms with E-state index in [2.05, 4.69) is 25.5 Å². The van der Waals surface area contributed by atoms with Crippen LogP contribution in [0.1, 0.15) is 28.9 Å². The van der Waals surface area contributed by atoms with Gasteiger partial charge in [0.2, 0.25) is 0 Å². The minimum atomic E-state index is -0.757. The molecule has 0 saturated carbocycles. The number of para-hydroxylation sites is 1. The number of hydrogen-bond acceptors (Lipinski definition) is 8. The number of nitriles is 1. The van der Waals surface area contributed by atoms with Crippen molar-refractivity contribution >= 4 is 23.5 Å². The Labute approximate surface area is 178 Å². The second-order valence-corrected chi connectivity index (χ2v) is 6.86. The third kappa shape index (κ3) is 4.51. The van der Waals surface area contributed by atoms with Crippen molar-refractivity contribution in [3.8, 4) is 11.8 Å². The number of esters is 1. The minimum Gasteiger partial charge on any atom is -0.451 e. The van der Waals surface area contributed by atoms with Crippen LogP contribution in [-0.4, -0.2) is 51.6 Å². The van der Waals surface area contributed by atoms with E-state index in [1.165, 1.54) is 16.9 Å². The first-order valence-corrected chi connectivity index (χ1v) is 9.75. The maximum Gasteiger partial charge on any atom is 0.359 e. The Kier molecular flexibility index (Phi) is 5.84. The maximum atomic E-state index is 12.3. The largest absolute Gasteiger partial charge is 0.451 e. The third-order valence-electron chi connectivity index (χ3n) is 4.77. The number of amides is 1. The fourth-order valence-corrected chi connectivity index (χ4v) is 3.24. The lowest BCUT2D eigenvalue weighted by atomic mass is 10.3. The van der Waals surface area contributed by atoms with Gasteiger partial charge in [0.1, 0.15) is 11.6 Å². The van der Waals surface area contributed by atoms with Crippen LogP contribution in [0.4, 0.5) is 11.6 Å². The molecule has 0 radical (unpaired) electrons. The van der Waals surface area contributed by atoms with Crippen LogP contribution >= 0.6 is 0 Å². The Hall–Kier alpha value is -4.26. The fraction of sp³-hybridized carbons (Fsp3) is 0.238. The summed E-state index contributed by atoms with van der Waals surface area (Å²) in [4.78, 5) is 26.6. The van der Waals surface area contributed by atoms with Crippen LogP contribution in [-0.2, 0) is 9.53 Å². The van der Waals surface area contributed by atoms with Crippen molar-refractivity contribution < 1.29 is 14.3 Å². The van der Waals surface area contributed by atoms with Gasteiger partial charge in [-0.15, -0.1) is 10.2 Å². The molecule has 1 amide bonds. The summed E-state index contributed by atoms with van der Waals surface area (Å²) < 4.78 is 6.47. The van der Waals surface area contributed by atoms with Crippen molar-refractivity contribution in [3.05, 3.63) is 59.9 Å². The van der Waals surface area contributed by atoms with Gasteiger partial charge in [-0.1, -0.05) is 18.2 Å². The molecule has 0 atom stereocenters. The average molecular weight is 417 g/mol. The van der Waals surface area contributed by atoms with Crippen LogP contribution in [0, 0.1) is 11.3 Å².